The molecule has 1 aliphatic heterocycles. The van der Waals surface area contributed by atoms with Gasteiger partial charge < -0.3 is 14.6 Å². The topological polar surface area (TPSA) is 93.1 Å². The molecule has 0 spiro atoms. The third kappa shape index (κ3) is 3.59. The summed E-state index contributed by atoms with van der Waals surface area (Å²) >= 11 is 6.57. The number of hydrogen-bond acceptors (Lipinski definition) is 7. The highest BCUT2D eigenvalue weighted by Crippen LogP contribution is 2.38. The van der Waals surface area contributed by atoms with Crippen molar-refractivity contribution in [3.05, 3.63) is 27.6 Å². The van der Waals surface area contributed by atoms with Gasteiger partial charge in [0.25, 0.3) is 11.1 Å². The molecule has 0 aliphatic carbocycles. The number of phenols is 1. The predicted molar refractivity (Wildman–Crippen MR) is 84.4 cm³/mol. The van der Waals surface area contributed by atoms with Crippen molar-refractivity contribution in [1.29, 1.82) is 0 Å². The summed E-state index contributed by atoms with van der Waals surface area (Å²) in [6.45, 7) is -0.469. The minimum atomic E-state index is -0.708. The number of phenolic OH excluding ortho intramolecular Hbond substituents is 1. The molecule has 23 heavy (non-hydrogen) atoms. The molecule has 0 saturated carbocycles. The van der Waals surface area contributed by atoms with Gasteiger partial charge in [-0.1, -0.05) is 11.6 Å². The molecule has 1 aliphatic rings. The van der Waals surface area contributed by atoms with Gasteiger partial charge in [0, 0.05) is 16.7 Å². The van der Waals surface area contributed by atoms with Crippen molar-refractivity contribution in [2.24, 2.45) is 0 Å². The van der Waals surface area contributed by atoms with Crippen LogP contribution in [-0.2, 0) is 14.3 Å². The van der Waals surface area contributed by atoms with Gasteiger partial charge in [0.2, 0.25) is 0 Å². The fourth-order valence-corrected chi connectivity index (χ4v) is 2.88. The molecule has 0 bridgehead atoms. The maximum absolute atomic E-state index is 12.2. The zero-order valence-electron chi connectivity index (χ0n) is 12.2. The maximum atomic E-state index is 12.2. The molecule has 0 unspecified atom stereocenters. The number of nitrogens with zero attached hydrogens (tertiary/aromatic N) is 1. The molecule has 9 heteroatoms. The summed E-state index contributed by atoms with van der Waals surface area (Å²) in [5.74, 6) is -1.43. The molecule has 0 radical (unpaired) electrons. The largest absolute Gasteiger partial charge is 0.504 e. The zero-order valence-corrected chi connectivity index (χ0v) is 13.7. The number of carbonyl (C=O) groups is 3. The molecule has 0 aromatic heterocycles. The molecule has 1 aromatic carbocycles. The number of thioether (sulfide) groups is 1. The van der Waals surface area contributed by atoms with Gasteiger partial charge >= 0.3 is 5.97 Å². The van der Waals surface area contributed by atoms with Gasteiger partial charge in [-0.05, 0) is 23.9 Å². The highest BCUT2D eigenvalue weighted by atomic mass is 35.5. The fraction of sp³-hybridized carbons (Fsp3) is 0.214. The van der Waals surface area contributed by atoms with Gasteiger partial charge in [0.05, 0.1) is 19.1 Å². The van der Waals surface area contributed by atoms with Gasteiger partial charge in [0.1, 0.15) is 6.54 Å². The Hall–Kier alpha value is -2.19. The Morgan fingerprint density at radius 2 is 2.09 bits per heavy atom. The first-order valence-electron chi connectivity index (χ1n) is 6.26. The molecular formula is C14H12ClNO6S. The Kier molecular flexibility index (Phi) is 5.17. The Morgan fingerprint density at radius 3 is 2.70 bits per heavy atom. The van der Waals surface area contributed by atoms with E-state index in [1.807, 2.05) is 0 Å². The normalized spacial score (nSPS) is 16.1. The SMILES string of the molecule is COC(=O)CN1C(=O)S/C(=C/c2cc(Cl)cc(OC)c2O)C1=O. The van der Waals surface area contributed by atoms with E-state index in [0.29, 0.717) is 16.8 Å². The quantitative estimate of drug-likeness (QED) is 0.652. The highest BCUT2D eigenvalue weighted by molar-refractivity contribution is 8.18. The summed E-state index contributed by atoms with van der Waals surface area (Å²) in [4.78, 5) is 36.1. The third-order valence-electron chi connectivity index (χ3n) is 2.96. The van der Waals surface area contributed by atoms with E-state index in [9.17, 15) is 19.5 Å². The monoisotopic (exact) mass is 357 g/mol. The number of aromatic hydroxyl groups is 1. The predicted octanol–water partition coefficient (Wildman–Crippen LogP) is 2.26. The molecule has 1 aromatic rings. The van der Waals surface area contributed by atoms with Gasteiger partial charge in [-0.3, -0.25) is 19.3 Å². The van der Waals surface area contributed by atoms with Crippen molar-refractivity contribution in [2.45, 2.75) is 0 Å². The van der Waals surface area contributed by atoms with E-state index in [0.717, 1.165) is 12.0 Å². The first kappa shape index (κ1) is 17.2. The maximum Gasteiger partial charge on any atom is 0.325 e. The Bertz CT molecular complexity index is 717. The van der Waals surface area contributed by atoms with Crippen molar-refractivity contribution in [3.63, 3.8) is 0 Å². The summed E-state index contributed by atoms with van der Waals surface area (Å²) in [7, 11) is 2.52. The standard InChI is InChI=1S/C14H12ClNO6S/c1-21-9-5-8(15)3-7(12(9)18)4-10-13(19)16(14(20)23-10)6-11(17)22-2/h3-5,18H,6H2,1-2H3/b10-4+. The average Bonchev–Trinajstić information content (AvgIpc) is 2.77. The summed E-state index contributed by atoms with van der Waals surface area (Å²) < 4.78 is 9.41. The molecule has 1 N–H and O–H groups in total. The highest BCUT2D eigenvalue weighted by Gasteiger charge is 2.36. The van der Waals surface area contributed by atoms with Crippen molar-refractivity contribution in [1.82, 2.24) is 4.90 Å². The van der Waals surface area contributed by atoms with E-state index in [-0.39, 0.29) is 22.0 Å². The van der Waals surface area contributed by atoms with Crippen LogP contribution in [-0.4, -0.2) is 47.9 Å². The summed E-state index contributed by atoms with van der Waals surface area (Å²) in [6, 6.07) is 2.84. The zero-order chi connectivity index (χ0) is 17.1. The number of hydrogen-bond donors (Lipinski definition) is 1. The van der Waals surface area contributed by atoms with Crippen LogP contribution in [0.4, 0.5) is 4.79 Å². The summed E-state index contributed by atoms with van der Waals surface area (Å²) in [5.41, 5.74) is 0.220. The number of ether oxygens (including phenoxy) is 2. The Balaban J connectivity index is 2.34. The lowest BCUT2D eigenvalue weighted by atomic mass is 10.1. The lowest BCUT2D eigenvalue weighted by Crippen LogP contribution is -2.34. The van der Waals surface area contributed by atoms with Crippen molar-refractivity contribution >= 4 is 46.6 Å². The fourth-order valence-electron chi connectivity index (χ4n) is 1.83. The first-order valence-corrected chi connectivity index (χ1v) is 7.45. The molecule has 122 valence electrons. The van der Waals surface area contributed by atoms with Gasteiger partial charge in [0.15, 0.2) is 11.5 Å². The van der Waals surface area contributed by atoms with Crippen LogP contribution < -0.4 is 4.74 Å². The lowest BCUT2D eigenvalue weighted by Gasteiger charge is -2.10. The number of halogens is 1. The smallest absolute Gasteiger partial charge is 0.325 e. The molecule has 1 saturated heterocycles. The lowest BCUT2D eigenvalue weighted by molar-refractivity contribution is -0.143. The second kappa shape index (κ2) is 6.93. The van der Waals surface area contributed by atoms with Crippen LogP contribution in [0.2, 0.25) is 5.02 Å². The Labute approximate surface area is 140 Å². The van der Waals surface area contributed by atoms with Crippen LogP contribution in [0, 0.1) is 0 Å². The van der Waals surface area contributed by atoms with Crippen molar-refractivity contribution < 1.29 is 29.0 Å². The number of methoxy groups -OCH3 is 2. The van der Waals surface area contributed by atoms with Crippen LogP contribution in [0.25, 0.3) is 6.08 Å². The second-order valence-corrected chi connectivity index (χ2v) is 5.82. The van der Waals surface area contributed by atoms with Gasteiger partial charge in [-0.2, -0.15) is 0 Å². The molecule has 2 rings (SSSR count). The van der Waals surface area contributed by atoms with Gasteiger partial charge in [-0.25, -0.2) is 0 Å². The summed E-state index contributed by atoms with van der Waals surface area (Å²) in [5, 5.41) is 9.75. The van der Waals surface area contributed by atoms with Crippen LogP contribution in [0.1, 0.15) is 5.56 Å². The van der Waals surface area contributed by atoms with Crippen LogP contribution in [0.5, 0.6) is 11.5 Å². The number of esters is 1. The van der Waals surface area contributed by atoms with E-state index in [1.165, 1.54) is 25.3 Å². The molecular weight excluding hydrogens is 346 g/mol. The Morgan fingerprint density at radius 1 is 1.39 bits per heavy atom. The molecule has 7 nitrogen and oxygen atoms in total. The van der Waals surface area contributed by atoms with E-state index >= 15 is 0 Å². The van der Waals surface area contributed by atoms with Crippen LogP contribution in [0.3, 0.4) is 0 Å². The second-order valence-electron chi connectivity index (χ2n) is 4.39. The van der Waals surface area contributed by atoms with Gasteiger partial charge in [-0.15, -0.1) is 0 Å². The van der Waals surface area contributed by atoms with Crippen molar-refractivity contribution in [3.8, 4) is 11.5 Å². The molecule has 1 heterocycles. The number of amides is 2. The molecule has 1 fully saturated rings. The van der Waals surface area contributed by atoms with E-state index < -0.39 is 23.7 Å². The van der Waals surface area contributed by atoms with Crippen LogP contribution >= 0.6 is 23.4 Å². The number of carbonyl (C=O) groups excluding carboxylic acids is 3. The number of benzene rings is 1. The number of imide groups is 1. The number of rotatable bonds is 4. The van der Waals surface area contributed by atoms with E-state index in [4.69, 9.17) is 16.3 Å². The summed E-state index contributed by atoms with van der Waals surface area (Å²) in [6.07, 6.45) is 1.31. The molecule has 0 atom stereocenters. The van der Waals surface area contributed by atoms with E-state index in [2.05, 4.69) is 4.74 Å². The minimum Gasteiger partial charge on any atom is -0.504 e. The minimum absolute atomic E-state index is 0.0542. The van der Waals surface area contributed by atoms with E-state index in [1.54, 1.807) is 0 Å². The van der Waals surface area contributed by atoms with Crippen molar-refractivity contribution in [2.75, 3.05) is 20.8 Å². The van der Waals surface area contributed by atoms with Crippen LogP contribution in [0.15, 0.2) is 17.0 Å². The first-order chi connectivity index (χ1) is 10.9. The average molecular weight is 358 g/mol. The third-order valence-corrected chi connectivity index (χ3v) is 4.09. The molecule has 2 amide bonds.